The van der Waals surface area contributed by atoms with E-state index in [1.165, 1.54) is 12.3 Å². The van der Waals surface area contributed by atoms with Gasteiger partial charge in [0.15, 0.2) is 0 Å². The molecule has 0 spiro atoms. The van der Waals surface area contributed by atoms with Crippen molar-refractivity contribution in [3.8, 4) is 0 Å². The van der Waals surface area contributed by atoms with E-state index in [1.807, 2.05) is 0 Å². The molecule has 100 valence electrons. The van der Waals surface area contributed by atoms with Gasteiger partial charge in [-0.15, -0.1) is 0 Å². The highest BCUT2D eigenvalue weighted by Gasteiger charge is 2.34. The van der Waals surface area contributed by atoms with Crippen molar-refractivity contribution in [2.45, 2.75) is 12.6 Å². The first kappa shape index (κ1) is 13.3. The van der Waals surface area contributed by atoms with E-state index in [-0.39, 0.29) is 12.2 Å². The Morgan fingerprint density at radius 1 is 1.05 bits per heavy atom. The number of alkyl halides is 3. The number of rotatable bonds is 2. The van der Waals surface area contributed by atoms with E-state index in [9.17, 15) is 17.6 Å². The molecule has 0 fully saturated rings. The molecular weight excluding hydrogens is 260 g/mol. The highest BCUT2D eigenvalue weighted by molar-refractivity contribution is 5.36. The molecule has 0 saturated carbocycles. The molecule has 2 nitrogen and oxygen atoms in total. The third kappa shape index (κ3) is 3.21. The zero-order chi connectivity index (χ0) is 14.0. The summed E-state index contributed by atoms with van der Waals surface area (Å²) in [5.41, 5.74) is 5.30. The van der Waals surface area contributed by atoms with Gasteiger partial charge in [-0.3, -0.25) is 0 Å². The summed E-state index contributed by atoms with van der Waals surface area (Å²) in [6, 6.07) is 6.17. The van der Waals surface area contributed by atoms with Crippen molar-refractivity contribution in [3.63, 3.8) is 0 Å². The zero-order valence-corrected chi connectivity index (χ0v) is 9.71. The van der Waals surface area contributed by atoms with E-state index < -0.39 is 17.6 Å². The summed E-state index contributed by atoms with van der Waals surface area (Å²) in [6.07, 6.45) is -2.99. The number of halogens is 4. The van der Waals surface area contributed by atoms with Crippen LogP contribution >= 0.6 is 0 Å². The zero-order valence-electron chi connectivity index (χ0n) is 9.71. The highest BCUT2D eigenvalue weighted by Crippen LogP contribution is 2.32. The molecule has 2 aromatic rings. The monoisotopic (exact) mass is 270 g/mol. The van der Waals surface area contributed by atoms with Crippen molar-refractivity contribution < 1.29 is 17.6 Å². The topological polar surface area (TPSA) is 38.9 Å². The van der Waals surface area contributed by atoms with Gasteiger partial charge < -0.3 is 5.73 Å². The van der Waals surface area contributed by atoms with Crippen LogP contribution in [0.2, 0.25) is 0 Å². The second kappa shape index (κ2) is 4.87. The van der Waals surface area contributed by atoms with Crippen LogP contribution in [0.25, 0.3) is 0 Å². The van der Waals surface area contributed by atoms with Crippen molar-refractivity contribution in [2.75, 3.05) is 5.73 Å². The molecule has 0 atom stereocenters. The smallest absolute Gasteiger partial charge is 0.384 e. The number of benzene rings is 1. The van der Waals surface area contributed by atoms with Crippen molar-refractivity contribution in [3.05, 3.63) is 59.0 Å². The Kier molecular flexibility index (Phi) is 3.42. The summed E-state index contributed by atoms with van der Waals surface area (Å²) in [5, 5.41) is 0. The van der Waals surface area contributed by atoms with Crippen LogP contribution in [-0.4, -0.2) is 4.98 Å². The molecule has 2 N–H and O–H groups in total. The first-order valence-electron chi connectivity index (χ1n) is 5.42. The molecule has 1 aromatic heterocycles. The molecule has 0 amide bonds. The molecule has 1 aromatic carbocycles. The van der Waals surface area contributed by atoms with E-state index in [4.69, 9.17) is 5.73 Å². The second-order valence-corrected chi connectivity index (χ2v) is 4.08. The average Bonchev–Trinajstić information content (AvgIpc) is 2.30. The molecule has 0 aliphatic rings. The van der Waals surface area contributed by atoms with Crippen LogP contribution in [0.3, 0.4) is 0 Å². The predicted molar refractivity (Wildman–Crippen MR) is 62.9 cm³/mol. The van der Waals surface area contributed by atoms with Crippen LogP contribution in [0, 0.1) is 5.82 Å². The lowest BCUT2D eigenvalue weighted by Gasteiger charge is -2.10. The van der Waals surface area contributed by atoms with E-state index in [1.54, 1.807) is 12.1 Å². The lowest BCUT2D eigenvalue weighted by molar-refractivity contribution is -0.140. The molecule has 1 heterocycles. The Bertz CT molecular complexity index is 593. The lowest BCUT2D eigenvalue weighted by Crippen LogP contribution is -2.09. The van der Waals surface area contributed by atoms with Gasteiger partial charge in [-0.2, -0.15) is 13.2 Å². The number of hydrogen-bond acceptors (Lipinski definition) is 2. The lowest BCUT2D eigenvalue weighted by atomic mass is 10.0. The summed E-state index contributed by atoms with van der Waals surface area (Å²) in [6.45, 7) is 0. The first-order valence-corrected chi connectivity index (χ1v) is 5.42. The standard InChI is InChI=1S/C13H10F4N2/c14-11-2-1-8(6-10(11)13(15,16)17)5-9-3-4-19-12(18)7-9/h1-4,6-7H,5H2,(H2,18,19). The Labute approximate surface area is 106 Å². The van der Waals surface area contributed by atoms with E-state index in [2.05, 4.69) is 4.98 Å². The molecule has 2 rings (SSSR count). The molecule has 0 bridgehead atoms. The SMILES string of the molecule is Nc1cc(Cc2ccc(F)c(C(F)(F)F)c2)ccn1. The highest BCUT2D eigenvalue weighted by atomic mass is 19.4. The van der Waals surface area contributed by atoms with Crippen molar-refractivity contribution in [1.29, 1.82) is 0 Å². The maximum Gasteiger partial charge on any atom is 0.419 e. The third-order valence-electron chi connectivity index (χ3n) is 2.59. The molecular formula is C13H10F4N2. The Morgan fingerprint density at radius 3 is 2.37 bits per heavy atom. The minimum Gasteiger partial charge on any atom is -0.384 e. The van der Waals surface area contributed by atoms with E-state index >= 15 is 0 Å². The van der Waals surface area contributed by atoms with Gasteiger partial charge in [0.2, 0.25) is 0 Å². The predicted octanol–water partition coefficient (Wildman–Crippen LogP) is 3.41. The fourth-order valence-electron chi connectivity index (χ4n) is 1.74. The Hall–Kier alpha value is -2.11. The van der Waals surface area contributed by atoms with Crippen LogP contribution in [0.1, 0.15) is 16.7 Å². The Balaban J connectivity index is 2.32. The van der Waals surface area contributed by atoms with Crippen LogP contribution in [0.15, 0.2) is 36.5 Å². The van der Waals surface area contributed by atoms with Crippen LogP contribution in [0.4, 0.5) is 23.4 Å². The number of anilines is 1. The average molecular weight is 270 g/mol. The number of nitrogens with zero attached hydrogens (tertiary/aromatic N) is 1. The van der Waals surface area contributed by atoms with Gasteiger partial charge in [0.1, 0.15) is 11.6 Å². The summed E-state index contributed by atoms with van der Waals surface area (Å²) in [7, 11) is 0. The third-order valence-corrected chi connectivity index (χ3v) is 2.59. The first-order chi connectivity index (χ1) is 8.86. The minimum absolute atomic E-state index is 0.232. The van der Waals surface area contributed by atoms with Crippen molar-refractivity contribution in [1.82, 2.24) is 4.98 Å². The molecule has 0 radical (unpaired) electrons. The maximum absolute atomic E-state index is 13.1. The molecule has 0 saturated heterocycles. The second-order valence-electron chi connectivity index (χ2n) is 4.08. The van der Waals surface area contributed by atoms with Gasteiger partial charge in [-0.25, -0.2) is 9.37 Å². The largest absolute Gasteiger partial charge is 0.419 e. The van der Waals surface area contributed by atoms with Crippen molar-refractivity contribution >= 4 is 5.82 Å². The van der Waals surface area contributed by atoms with Gasteiger partial charge in [0.25, 0.3) is 0 Å². The van der Waals surface area contributed by atoms with Crippen molar-refractivity contribution in [2.24, 2.45) is 0 Å². The quantitative estimate of drug-likeness (QED) is 0.849. The van der Waals surface area contributed by atoms with Gasteiger partial charge in [0.05, 0.1) is 5.56 Å². The summed E-state index contributed by atoms with van der Waals surface area (Å²) >= 11 is 0. The fourth-order valence-corrected chi connectivity index (χ4v) is 1.74. The summed E-state index contributed by atoms with van der Waals surface area (Å²) in [5.74, 6) is -0.985. The van der Waals surface area contributed by atoms with Gasteiger partial charge >= 0.3 is 6.18 Å². The number of hydrogen-bond donors (Lipinski definition) is 1. The number of nitrogen functional groups attached to an aromatic ring is 1. The molecule has 0 aliphatic carbocycles. The van der Waals surface area contributed by atoms with Gasteiger partial charge in [0, 0.05) is 6.20 Å². The summed E-state index contributed by atoms with van der Waals surface area (Å²) in [4.78, 5) is 3.79. The Morgan fingerprint density at radius 2 is 1.74 bits per heavy atom. The minimum atomic E-state index is -4.70. The number of aromatic nitrogens is 1. The van der Waals surface area contributed by atoms with Crippen LogP contribution in [0.5, 0.6) is 0 Å². The van der Waals surface area contributed by atoms with Gasteiger partial charge in [-0.05, 0) is 41.8 Å². The number of pyridine rings is 1. The fraction of sp³-hybridized carbons (Fsp3) is 0.154. The van der Waals surface area contributed by atoms with E-state index in [0.29, 0.717) is 11.1 Å². The molecule has 0 aliphatic heterocycles. The molecule has 19 heavy (non-hydrogen) atoms. The normalized spacial score (nSPS) is 11.6. The summed E-state index contributed by atoms with van der Waals surface area (Å²) < 4.78 is 50.8. The van der Waals surface area contributed by atoms with E-state index in [0.717, 1.165) is 12.1 Å². The number of nitrogens with two attached hydrogens (primary N) is 1. The maximum atomic E-state index is 13.1. The molecule has 0 unspecified atom stereocenters. The van der Waals surface area contributed by atoms with Crippen LogP contribution in [-0.2, 0) is 12.6 Å². The van der Waals surface area contributed by atoms with Crippen LogP contribution < -0.4 is 5.73 Å². The molecule has 6 heteroatoms. The van der Waals surface area contributed by atoms with Gasteiger partial charge in [-0.1, -0.05) is 6.07 Å².